The number of benzene rings is 4. The summed E-state index contributed by atoms with van der Waals surface area (Å²) in [5.41, 5.74) is 10.7. The highest BCUT2D eigenvalue weighted by atomic mass is 15.1. The molecular formula is C41H41N5. The summed E-state index contributed by atoms with van der Waals surface area (Å²) in [5, 5.41) is 0. The summed E-state index contributed by atoms with van der Waals surface area (Å²) in [6.45, 7) is 10.9. The van der Waals surface area contributed by atoms with Crippen molar-refractivity contribution >= 4 is 22.1 Å². The van der Waals surface area contributed by atoms with Crippen LogP contribution in [0.4, 0.5) is 0 Å². The normalized spacial score (nSPS) is 11.8. The standard InChI is InChI=1S/C41H41N5/c1-28(2)22-24-45-38-20-18-32(30-12-7-5-8-13-30)26-36(38)43-40(45)34-16-11-17-35(42-34)41-44-37-27-33(31-14-9-6-10-15-31)19-21-39(37)46(41)25-23-29(3)4/h5-21,26-29H,22-25H2,1-4H3. The Morgan fingerprint density at radius 2 is 0.891 bits per heavy atom. The molecule has 230 valence electrons. The van der Waals surface area contributed by atoms with Crippen LogP contribution in [0.15, 0.2) is 115 Å². The molecule has 7 rings (SSSR count). The maximum Gasteiger partial charge on any atom is 0.159 e. The van der Waals surface area contributed by atoms with Crippen LogP contribution in [0.3, 0.4) is 0 Å². The van der Waals surface area contributed by atoms with Gasteiger partial charge in [-0.25, -0.2) is 15.0 Å². The quantitative estimate of drug-likeness (QED) is 0.156. The van der Waals surface area contributed by atoms with Gasteiger partial charge in [0, 0.05) is 13.1 Å². The first-order valence-corrected chi connectivity index (χ1v) is 16.5. The van der Waals surface area contributed by atoms with Crippen molar-refractivity contribution in [1.82, 2.24) is 24.1 Å². The van der Waals surface area contributed by atoms with E-state index < -0.39 is 0 Å². The molecule has 0 N–H and O–H groups in total. The third-order valence-electron chi connectivity index (χ3n) is 8.78. The molecule has 0 saturated carbocycles. The average Bonchev–Trinajstić information content (AvgIpc) is 3.64. The fraction of sp³-hybridized carbons (Fsp3) is 0.244. The molecule has 7 aromatic rings. The van der Waals surface area contributed by atoms with Gasteiger partial charge in [0.25, 0.3) is 0 Å². The number of nitrogens with zero attached hydrogens (tertiary/aromatic N) is 5. The maximum atomic E-state index is 5.27. The summed E-state index contributed by atoms with van der Waals surface area (Å²) in [7, 11) is 0. The third kappa shape index (κ3) is 5.97. The minimum Gasteiger partial charge on any atom is -0.323 e. The molecule has 0 atom stereocenters. The molecule has 46 heavy (non-hydrogen) atoms. The average molecular weight is 604 g/mol. The second-order valence-corrected chi connectivity index (χ2v) is 13.1. The van der Waals surface area contributed by atoms with Crippen molar-refractivity contribution in [1.29, 1.82) is 0 Å². The fourth-order valence-corrected chi connectivity index (χ4v) is 6.18. The number of aryl methyl sites for hydroxylation is 2. The minimum atomic E-state index is 0.579. The van der Waals surface area contributed by atoms with E-state index in [1.807, 2.05) is 0 Å². The van der Waals surface area contributed by atoms with Gasteiger partial charge in [-0.3, -0.25) is 0 Å². The molecule has 3 aromatic heterocycles. The van der Waals surface area contributed by atoms with Gasteiger partial charge in [0.2, 0.25) is 0 Å². The lowest BCUT2D eigenvalue weighted by molar-refractivity contribution is 0.524. The van der Waals surface area contributed by atoms with Crippen molar-refractivity contribution in [3.05, 3.63) is 115 Å². The summed E-state index contributed by atoms with van der Waals surface area (Å²) >= 11 is 0. The Kier molecular flexibility index (Phi) is 8.23. The van der Waals surface area contributed by atoms with Crippen LogP contribution < -0.4 is 0 Å². The van der Waals surface area contributed by atoms with Crippen LogP contribution in [-0.2, 0) is 13.1 Å². The van der Waals surface area contributed by atoms with E-state index in [-0.39, 0.29) is 0 Å². The summed E-state index contributed by atoms with van der Waals surface area (Å²) in [4.78, 5) is 15.7. The highest BCUT2D eigenvalue weighted by Crippen LogP contribution is 2.32. The Morgan fingerprint density at radius 1 is 0.457 bits per heavy atom. The van der Waals surface area contributed by atoms with Crippen LogP contribution in [0, 0.1) is 11.8 Å². The van der Waals surface area contributed by atoms with Crippen LogP contribution in [0.1, 0.15) is 40.5 Å². The van der Waals surface area contributed by atoms with Crippen LogP contribution >= 0.6 is 0 Å². The molecule has 0 amide bonds. The van der Waals surface area contributed by atoms with E-state index in [2.05, 4.69) is 152 Å². The van der Waals surface area contributed by atoms with Gasteiger partial charge in [-0.1, -0.05) is 107 Å². The van der Waals surface area contributed by atoms with E-state index >= 15 is 0 Å². The van der Waals surface area contributed by atoms with E-state index in [0.29, 0.717) is 11.8 Å². The lowest BCUT2D eigenvalue weighted by atomic mass is 10.1. The highest BCUT2D eigenvalue weighted by molar-refractivity contribution is 5.87. The first kappa shape index (κ1) is 29.7. The van der Waals surface area contributed by atoms with E-state index in [9.17, 15) is 0 Å². The smallest absolute Gasteiger partial charge is 0.159 e. The number of hydrogen-bond acceptors (Lipinski definition) is 3. The summed E-state index contributed by atoms with van der Waals surface area (Å²) in [5.74, 6) is 2.96. The molecule has 0 bridgehead atoms. The van der Waals surface area contributed by atoms with Gasteiger partial charge in [0.1, 0.15) is 11.4 Å². The van der Waals surface area contributed by atoms with Crippen LogP contribution in [-0.4, -0.2) is 24.1 Å². The second kappa shape index (κ2) is 12.8. The van der Waals surface area contributed by atoms with Crippen LogP contribution in [0.2, 0.25) is 0 Å². The molecule has 0 aliphatic heterocycles. The highest BCUT2D eigenvalue weighted by Gasteiger charge is 2.19. The number of aromatic nitrogens is 5. The summed E-state index contributed by atoms with van der Waals surface area (Å²) < 4.78 is 4.70. The van der Waals surface area contributed by atoms with Crippen molar-refractivity contribution in [3.63, 3.8) is 0 Å². The first-order valence-electron chi connectivity index (χ1n) is 16.5. The monoisotopic (exact) mass is 603 g/mol. The van der Waals surface area contributed by atoms with E-state index in [4.69, 9.17) is 15.0 Å². The maximum absolute atomic E-state index is 5.27. The number of fused-ring (bicyclic) bond motifs is 2. The van der Waals surface area contributed by atoms with Crippen molar-refractivity contribution in [2.75, 3.05) is 0 Å². The van der Waals surface area contributed by atoms with Gasteiger partial charge < -0.3 is 9.13 Å². The second-order valence-electron chi connectivity index (χ2n) is 13.1. The molecule has 5 heteroatoms. The van der Waals surface area contributed by atoms with E-state index in [1.54, 1.807) is 0 Å². The summed E-state index contributed by atoms with van der Waals surface area (Å²) in [6.07, 6.45) is 2.13. The molecule has 0 fully saturated rings. The van der Waals surface area contributed by atoms with E-state index in [1.165, 1.54) is 22.3 Å². The number of imidazole rings is 2. The zero-order chi connectivity index (χ0) is 31.6. The molecule has 0 unspecified atom stereocenters. The van der Waals surface area contributed by atoms with Crippen LogP contribution in [0.25, 0.3) is 67.4 Å². The predicted molar refractivity (Wildman–Crippen MR) is 191 cm³/mol. The minimum absolute atomic E-state index is 0.579. The van der Waals surface area contributed by atoms with Gasteiger partial charge in [-0.15, -0.1) is 0 Å². The zero-order valence-electron chi connectivity index (χ0n) is 27.2. The fourth-order valence-electron chi connectivity index (χ4n) is 6.18. The van der Waals surface area contributed by atoms with Crippen molar-refractivity contribution in [3.8, 4) is 45.3 Å². The molecule has 3 heterocycles. The Bertz CT molecular complexity index is 1950. The lowest BCUT2D eigenvalue weighted by Gasteiger charge is -2.13. The molecule has 4 aromatic carbocycles. The first-order chi connectivity index (χ1) is 22.4. The molecule has 0 aliphatic carbocycles. The molecule has 0 spiro atoms. The van der Waals surface area contributed by atoms with Crippen molar-refractivity contribution in [2.45, 2.75) is 53.6 Å². The lowest BCUT2D eigenvalue weighted by Crippen LogP contribution is -2.06. The Labute approximate surface area is 271 Å². The Morgan fingerprint density at radius 3 is 1.30 bits per heavy atom. The van der Waals surface area contributed by atoms with Crippen molar-refractivity contribution < 1.29 is 0 Å². The molecule has 0 saturated heterocycles. The number of rotatable bonds is 10. The molecule has 0 radical (unpaired) electrons. The Hall–Kier alpha value is -5.03. The third-order valence-corrected chi connectivity index (χ3v) is 8.78. The van der Waals surface area contributed by atoms with E-state index in [0.717, 1.165) is 71.0 Å². The molecule has 5 nitrogen and oxygen atoms in total. The van der Waals surface area contributed by atoms with Gasteiger partial charge in [0.05, 0.1) is 22.1 Å². The SMILES string of the molecule is CC(C)CCn1c(-c2cccc(-c3nc4cc(-c5ccccc5)ccc4n3CCC(C)C)n2)nc2cc(-c3ccccc3)ccc21. The zero-order valence-corrected chi connectivity index (χ0v) is 27.2. The van der Waals surface area contributed by atoms with Gasteiger partial charge in [0.15, 0.2) is 11.6 Å². The van der Waals surface area contributed by atoms with Crippen molar-refractivity contribution in [2.24, 2.45) is 11.8 Å². The Balaban J connectivity index is 1.34. The number of hydrogen-bond donors (Lipinski definition) is 0. The predicted octanol–water partition coefficient (Wildman–Crippen LogP) is 10.5. The topological polar surface area (TPSA) is 48.5 Å². The van der Waals surface area contributed by atoms with Crippen LogP contribution in [0.5, 0.6) is 0 Å². The molecular weight excluding hydrogens is 562 g/mol. The molecule has 0 aliphatic rings. The summed E-state index contributed by atoms with van der Waals surface area (Å²) in [6, 6.07) is 40.6. The van der Waals surface area contributed by atoms with Gasteiger partial charge in [-0.05, 0) is 83.3 Å². The van der Waals surface area contributed by atoms with Gasteiger partial charge >= 0.3 is 0 Å². The number of pyridine rings is 1. The van der Waals surface area contributed by atoms with Gasteiger partial charge in [-0.2, -0.15) is 0 Å². The largest absolute Gasteiger partial charge is 0.323 e.